The van der Waals surface area contributed by atoms with E-state index >= 15 is 0 Å². The van der Waals surface area contributed by atoms with Gasteiger partial charge in [-0.1, -0.05) is 24.3 Å². The maximum atomic E-state index is 13.9. The number of halogens is 2. The highest BCUT2D eigenvalue weighted by molar-refractivity contribution is 5.78. The molecule has 0 aromatic heterocycles. The summed E-state index contributed by atoms with van der Waals surface area (Å²) >= 11 is 0. The number of hydrogen-bond acceptors (Lipinski definition) is 2. The van der Waals surface area contributed by atoms with E-state index in [0.717, 1.165) is 23.3 Å². The summed E-state index contributed by atoms with van der Waals surface area (Å²) in [5, 5.41) is 0. The Hall–Kier alpha value is -2.27. The molecule has 0 saturated carbocycles. The van der Waals surface area contributed by atoms with Gasteiger partial charge in [-0.2, -0.15) is 0 Å². The van der Waals surface area contributed by atoms with Crippen molar-refractivity contribution in [3.63, 3.8) is 0 Å². The van der Waals surface area contributed by atoms with Gasteiger partial charge in [-0.15, -0.1) is 0 Å². The molecule has 0 N–H and O–H groups in total. The van der Waals surface area contributed by atoms with E-state index in [1.807, 2.05) is 31.2 Å². The molecule has 1 amide bonds. The van der Waals surface area contributed by atoms with Crippen molar-refractivity contribution in [3.8, 4) is 0 Å². The van der Waals surface area contributed by atoms with Crippen LogP contribution in [0.15, 0.2) is 42.5 Å². The molecule has 2 aromatic carbocycles. The topological polar surface area (TPSA) is 23.6 Å². The number of likely N-dealkylation sites (N-methyl/N-ethyl adjacent to an activating group) is 2. The summed E-state index contributed by atoms with van der Waals surface area (Å²) in [6.07, 6.45) is 0. The Morgan fingerprint density at radius 2 is 1.80 bits per heavy atom. The van der Waals surface area contributed by atoms with Gasteiger partial charge < -0.3 is 4.90 Å². The fourth-order valence-electron chi connectivity index (χ4n) is 2.67. The molecule has 0 aliphatic carbocycles. The molecule has 0 bridgehead atoms. The summed E-state index contributed by atoms with van der Waals surface area (Å²) in [6, 6.07) is 10.9. The van der Waals surface area contributed by atoms with Gasteiger partial charge in [0.15, 0.2) is 0 Å². The number of amides is 1. The number of carbonyl (C=O) groups excluding carboxylic acids is 1. The first-order valence-electron chi connectivity index (χ1n) is 8.23. The van der Waals surface area contributed by atoms with Crippen LogP contribution in [0.1, 0.15) is 29.7 Å². The van der Waals surface area contributed by atoms with E-state index in [0.29, 0.717) is 6.54 Å². The number of benzene rings is 2. The summed E-state index contributed by atoms with van der Waals surface area (Å²) in [6.45, 7) is 4.41. The van der Waals surface area contributed by atoms with Gasteiger partial charge in [0.1, 0.15) is 11.6 Å². The quantitative estimate of drug-likeness (QED) is 0.791. The Labute approximate surface area is 147 Å². The Bertz CT molecular complexity index is 748. The van der Waals surface area contributed by atoms with Crippen molar-refractivity contribution in [2.45, 2.75) is 26.4 Å². The van der Waals surface area contributed by atoms with Crippen molar-refractivity contribution in [1.82, 2.24) is 9.80 Å². The molecular weight excluding hydrogens is 322 g/mol. The lowest BCUT2D eigenvalue weighted by Gasteiger charge is -2.27. The van der Waals surface area contributed by atoms with Gasteiger partial charge >= 0.3 is 0 Å². The first-order chi connectivity index (χ1) is 11.8. The molecule has 2 rings (SSSR count). The highest BCUT2D eigenvalue weighted by Crippen LogP contribution is 2.22. The summed E-state index contributed by atoms with van der Waals surface area (Å²) < 4.78 is 27.3. The number of carbonyl (C=O) groups is 1. The van der Waals surface area contributed by atoms with E-state index in [1.54, 1.807) is 30.8 Å². The van der Waals surface area contributed by atoms with Gasteiger partial charge in [0, 0.05) is 25.2 Å². The minimum Gasteiger partial charge on any atom is -0.340 e. The first-order valence-corrected chi connectivity index (χ1v) is 8.23. The molecule has 3 nitrogen and oxygen atoms in total. The number of hydrogen-bond donors (Lipinski definition) is 0. The molecule has 1 atom stereocenters. The van der Waals surface area contributed by atoms with Gasteiger partial charge in [0.05, 0.1) is 6.54 Å². The molecular formula is C20H24F2N2O. The zero-order valence-corrected chi connectivity index (χ0v) is 15.1. The van der Waals surface area contributed by atoms with Gasteiger partial charge in [-0.25, -0.2) is 8.78 Å². The third-order valence-corrected chi connectivity index (χ3v) is 4.55. The Kier molecular flexibility index (Phi) is 6.26. The Morgan fingerprint density at radius 1 is 1.12 bits per heavy atom. The minimum atomic E-state index is -0.486. The third-order valence-electron chi connectivity index (χ3n) is 4.55. The van der Waals surface area contributed by atoms with Crippen LogP contribution in [0.5, 0.6) is 0 Å². The average Bonchev–Trinajstić information content (AvgIpc) is 2.58. The summed E-state index contributed by atoms with van der Waals surface area (Å²) in [4.78, 5) is 15.8. The SMILES string of the molecule is Cc1ccccc1CN(C)C(=O)CN(C)C(C)c1cc(F)ccc1F. The van der Waals surface area contributed by atoms with Crippen LogP contribution in [-0.4, -0.2) is 36.3 Å². The molecule has 0 fully saturated rings. The summed E-state index contributed by atoms with van der Waals surface area (Å²) in [5.41, 5.74) is 2.47. The molecule has 0 spiro atoms. The molecule has 134 valence electrons. The van der Waals surface area contributed by atoms with Crippen molar-refractivity contribution in [2.75, 3.05) is 20.6 Å². The van der Waals surface area contributed by atoms with E-state index in [-0.39, 0.29) is 18.0 Å². The van der Waals surface area contributed by atoms with Crippen LogP contribution in [0.3, 0.4) is 0 Å². The van der Waals surface area contributed by atoms with Crippen molar-refractivity contribution in [1.29, 1.82) is 0 Å². The lowest BCUT2D eigenvalue weighted by atomic mass is 10.1. The van der Waals surface area contributed by atoms with Crippen LogP contribution < -0.4 is 0 Å². The second-order valence-electron chi connectivity index (χ2n) is 6.43. The van der Waals surface area contributed by atoms with E-state index < -0.39 is 17.7 Å². The molecule has 0 aliphatic heterocycles. The van der Waals surface area contributed by atoms with E-state index in [9.17, 15) is 13.6 Å². The zero-order chi connectivity index (χ0) is 18.6. The molecule has 1 unspecified atom stereocenters. The lowest BCUT2D eigenvalue weighted by molar-refractivity contribution is -0.131. The fraction of sp³-hybridized carbons (Fsp3) is 0.350. The van der Waals surface area contributed by atoms with Crippen LogP contribution >= 0.6 is 0 Å². The first kappa shape index (κ1) is 19.1. The van der Waals surface area contributed by atoms with Crippen molar-refractivity contribution >= 4 is 5.91 Å². The van der Waals surface area contributed by atoms with Crippen molar-refractivity contribution in [2.24, 2.45) is 0 Å². The molecule has 0 aliphatic rings. The smallest absolute Gasteiger partial charge is 0.236 e. The minimum absolute atomic E-state index is 0.0746. The average molecular weight is 346 g/mol. The van der Waals surface area contributed by atoms with Gasteiger partial charge in [0.25, 0.3) is 0 Å². The predicted octanol–water partition coefficient (Wildman–Crippen LogP) is 3.92. The van der Waals surface area contributed by atoms with Crippen molar-refractivity contribution < 1.29 is 13.6 Å². The maximum absolute atomic E-state index is 13.9. The summed E-state index contributed by atoms with van der Waals surface area (Å²) in [5.74, 6) is -1.03. The lowest BCUT2D eigenvalue weighted by Crippen LogP contribution is -2.37. The van der Waals surface area contributed by atoms with E-state index in [4.69, 9.17) is 0 Å². The Morgan fingerprint density at radius 3 is 2.48 bits per heavy atom. The highest BCUT2D eigenvalue weighted by Gasteiger charge is 2.20. The largest absolute Gasteiger partial charge is 0.340 e. The van der Waals surface area contributed by atoms with Crippen LogP contribution in [0.25, 0.3) is 0 Å². The number of rotatable bonds is 6. The summed E-state index contributed by atoms with van der Waals surface area (Å²) in [7, 11) is 3.48. The van der Waals surface area contributed by atoms with Gasteiger partial charge in [0.2, 0.25) is 5.91 Å². The predicted molar refractivity (Wildman–Crippen MR) is 95.1 cm³/mol. The van der Waals surface area contributed by atoms with E-state index in [2.05, 4.69) is 0 Å². The standard InChI is InChI=1S/C20H24F2N2O/c1-14-7-5-6-8-16(14)12-24(4)20(25)13-23(3)15(2)18-11-17(21)9-10-19(18)22/h5-11,15H,12-13H2,1-4H3. The normalized spacial score (nSPS) is 12.3. The molecule has 2 aromatic rings. The van der Waals surface area contributed by atoms with Crippen LogP contribution in [-0.2, 0) is 11.3 Å². The molecule has 0 heterocycles. The number of aryl methyl sites for hydroxylation is 1. The van der Waals surface area contributed by atoms with E-state index in [1.165, 1.54) is 6.07 Å². The maximum Gasteiger partial charge on any atom is 0.236 e. The van der Waals surface area contributed by atoms with Crippen LogP contribution in [0.4, 0.5) is 8.78 Å². The fourth-order valence-corrected chi connectivity index (χ4v) is 2.67. The van der Waals surface area contributed by atoms with Gasteiger partial charge in [-0.05, 0) is 50.2 Å². The van der Waals surface area contributed by atoms with Crippen LogP contribution in [0, 0.1) is 18.6 Å². The molecule has 0 radical (unpaired) electrons. The van der Waals surface area contributed by atoms with Crippen LogP contribution in [0.2, 0.25) is 0 Å². The van der Waals surface area contributed by atoms with Gasteiger partial charge in [-0.3, -0.25) is 9.69 Å². The molecule has 25 heavy (non-hydrogen) atoms. The molecule has 5 heteroatoms. The second-order valence-corrected chi connectivity index (χ2v) is 6.43. The third kappa shape index (κ3) is 4.86. The molecule has 0 saturated heterocycles. The zero-order valence-electron chi connectivity index (χ0n) is 15.1. The van der Waals surface area contributed by atoms with Crippen molar-refractivity contribution in [3.05, 3.63) is 70.8 Å². The Balaban J connectivity index is 2.01. The number of nitrogens with zero attached hydrogens (tertiary/aromatic N) is 2. The monoisotopic (exact) mass is 346 g/mol. The highest BCUT2D eigenvalue weighted by atomic mass is 19.1. The second kappa shape index (κ2) is 8.21.